The van der Waals surface area contributed by atoms with Crippen molar-refractivity contribution in [2.75, 3.05) is 7.11 Å². The summed E-state index contributed by atoms with van der Waals surface area (Å²) in [7, 11) is 1.61. The Kier molecular flexibility index (Phi) is 9.45. The van der Waals surface area contributed by atoms with Crippen LogP contribution in [-0.4, -0.2) is 35.9 Å². The average Bonchev–Trinajstić information content (AvgIpc) is 2.82. The Bertz CT molecular complexity index is 960. The first-order valence-corrected chi connectivity index (χ1v) is 12.3. The summed E-state index contributed by atoms with van der Waals surface area (Å²) in [5.41, 5.74) is 1.66. The highest BCUT2D eigenvalue weighted by molar-refractivity contribution is 6.42. The molecule has 7 heteroatoms. The number of halogens is 2. The number of rotatable bonds is 9. The summed E-state index contributed by atoms with van der Waals surface area (Å²) >= 11 is 12.2. The lowest BCUT2D eigenvalue weighted by molar-refractivity contribution is -0.141. The molecule has 3 rings (SSSR count). The van der Waals surface area contributed by atoms with Crippen molar-refractivity contribution >= 4 is 35.0 Å². The lowest BCUT2D eigenvalue weighted by atomic mass is 9.95. The van der Waals surface area contributed by atoms with E-state index in [0.717, 1.165) is 36.8 Å². The smallest absolute Gasteiger partial charge is 0.243 e. The van der Waals surface area contributed by atoms with Crippen LogP contribution in [-0.2, 0) is 22.6 Å². The summed E-state index contributed by atoms with van der Waals surface area (Å²) in [6, 6.07) is 12.4. The van der Waals surface area contributed by atoms with E-state index in [1.807, 2.05) is 31.2 Å². The van der Waals surface area contributed by atoms with Gasteiger partial charge < -0.3 is 15.0 Å². The predicted molar refractivity (Wildman–Crippen MR) is 133 cm³/mol. The van der Waals surface area contributed by atoms with Gasteiger partial charge in [-0.2, -0.15) is 0 Å². The normalized spacial score (nSPS) is 15.0. The van der Waals surface area contributed by atoms with Crippen LogP contribution in [0, 0.1) is 0 Å². The Morgan fingerprint density at radius 2 is 1.82 bits per heavy atom. The Labute approximate surface area is 206 Å². The fraction of sp³-hybridized carbons (Fsp3) is 0.462. The van der Waals surface area contributed by atoms with Crippen LogP contribution in [0.5, 0.6) is 5.75 Å². The fourth-order valence-electron chi connectivity index (χ4n) is 4.36. The number of nitrogens with zero attached hydrogens (tertiary/aromatic N) is 1. The van der Waals surface area contributed by atoms with Crippen molar-refractivity contribution in [1.29, 1.82) is 0 Å². The molecule has 5 nitrogen and oxygen atoms in total. The number of ether oxygens (including phenoxy) is 1. The van der Waals surface area contributed by atoms with Crippen molar-refractivity contribution in [2.24, 2.45) is 0 Å². The molecule has 2 aromatic carbocycles. The molecule has 0 heterocycles. The number of carbonyl (C=O) groups is 2. The van der Waals surface area contributed by atoms with Crippen molar-refractivity contribution in [3.8, 4) is 5.75 Å². The first kappa shape index (κ1) is 25.4. The maximum absolute atomic E-state index is 13.5. The number of nitrogens with one attached hydrogen (secondary N) is 1. The monoisotopic (exact) mass is 490 g/mol. The van der Waals surface area contributed by atoms with E-state index in [9.17, 15) is 9.59 Å². The molecular weight excluding hydrogens is 459 g/mol. The van der Waals surface area contributed by atoms with Crippen LogP contribution in [0.15, 0.2) is 42.5 Å². The van der Waals surface area contributed by atoms with E-state index in [1.165, 1.54) is 6.42 Å². The summed E-state index contributed by atoms with van der Waals surface area (Å²) in [6.45, 7) is 2.25. The van der Waals surface area contributed by atoms with E-state index >= 15 is 0 Å². The lowest BCUT2D eigenvalue weighted by Crippen LogP contribution is -2.51. The number of methoxy groups -OCH3 is 1. The topological polar surface area (TPSA) is 58.6 Å². The highest BCUT2D eigenvalue weighted by Gasteiger charge is 2.30. The third-order valence-corrected chi connectivity index (χ3v) is 6.90. The van der Waals surface area contributed by atoms with E-state index in [4.69, 9.17) is 27.9 Å². The van der Waals surface area contributed by atoms with E-state index in [-0.39, 0.29) is 24.3 Å². The minimum absolute atomic E-state index is 0.0882. The number of amides is 2. The maximum atomic E-state index is 13.5. The number of hydrogen-bond donors (Lipinski definition) is 1. The quantitative estimate of drug-likeness (QED) is 0.482. The average molecular weight is 491 g/mol. The molecule has 0 radical (unpaired) electrons. The van der Waals surface area contributed by atoms with Gasteiger partial charge in [0.15, 0.2) is 0 Å². The maximum Gasteiger partial charge on any atom is 0.243 e. The Balaban J connectivity index is 1.83. The first-order valence-electron chi connectivity index (χ1n) is 11.6. The van der Waals surface area contributed by atoms with Gasteiger partial charge in [0.1, 0.15) is 11.8 Å². The zero-order chi connectivity index (χ0) is 23.8. The number of hydrogen-bond acceptors (Lipinski definition) is 3. The Morgan fingerprint density at radius 3 is 2.48 bits per heavy atom. The molecule has 33 heavy (non-hydrogen) atoms. The molecule has 1 saturated carbocycles. The van der Waals surface area contributed by atoms with Crippen molar-refractivity contribution in [3.05, 3.63) is 63.6 Å². The molecule has 0 unspecified atom stereocenters. The van der Waals surface area contributed by atoms with Gasteiger partial charge >= 0.3 is 0 Å². The molecule has 0 saturated heterocycles. The molecule has 1 aliphatic carbocycles. The number of carbonyl (C=O) groups excluding carboxylic acids is 2. The van der Waals surface area contributed by atoms with Crippen LogP contribution in [0.25, 0.3) is 0 Å². The summed E-state index contributed by atoms with van der Waals surface area (Å²) in [4.78, 5) is 28.5. The van der Waals surface area contributed by atoms with Gasteiger partial charge in [0.05, 0.1) is 23.6 Å². The summed E-state index contributed by atoms with van der Waals surface area (Å²) in [6.07, 6.45) is 6.12. The fourth-order valence-corrected chi connectivity index (χ4v) is 4.68. The van der Waals surface area contributed by atoms with Crippen LogP contribution in [0.3, 0.4) is 0 Å². The summed E-state index contributed by atoms with van der Waals surface area (Å²) in [5, 5.41) is 4.05. The Morgan fingerprint density at radius 1 is 1.06 bits per heavy atom. The lowest BCUT2D eigenvalue weighted by Gasteiger charge is -2.33. The van der Waals surface area contributed by atoms with E-state index in [1.54, 1.807) is 30.2 Å². The van der Waals surface area contributed by atoms with Gasteiger partial charge in [-0.25, -0.2) is 0 Å². The summed E-state index contributed by atoms with van der Waals surface area (Å²) < 4.78 is 5.34. The van der Waals surface area contributed by atoms with Gasteiger partial charge in [-0.3, -0.25) is 9.59 Å². The summed E-state index contributed by atoms with van der Waals surface area (Å²) in [5.74, 6) is 0.487. The molecular formula is C26H32Cl2N2O3. The zero-order valence-electron chi connectivity index (χ0n) is 19.3. The molecule has 1 aliphatic rings. The molecule has 1 N–H and O–H groups in total. The van der Waals surface area contributed by atoms with Crippen molar-refractivity contribution < 1.29 is 14.3 Å². The van der Waals surface area contributed by atoms with Crippen LogP contribution >= 0.6 is 23.2 Å². The molecule has 1 atom stereocenters. The van der Waals surface area contributed by atoms with Crippen LogP contribution in [0.2, 0.25) is 10.0 Å². The molecule has 178 valence electrons. The largest absolute Gasteiger partial charge is 0.497 e. The van der Waals surface area contributed by atoms with E-state index in [0.29, 0.717) is 28.8 Å². The molecule has 0 spiro atoms. The van der Waals surface area contributed by atoms with Gasteiger partial charge in [-0.05, 0) is 54.7 Å². The SMILES string of the molecule is CC[C@H](C(=O)NC1CCCCC1)N(Cc1cccc(OC)c1)C(=O)Cc1ccc(Cl)c(Cl)c1. The van der Waals surface area contributed by atoms with Crippen molar-refractivity contribution in [2.45, 2.75) is 70.5 Å². The zero-order valence-corrected chi connectivity index (χ0v) is 20.8. The molecule has 2 amide bonds. The van der Waals surface area contributed by atoms with Gasteiger partial charge in [-0.15, -0.1) is 0 Å². The Hall–Kier alpha value is -2.24. The predicted octanol–water partition coefficient (Wildman–Crippen LogP) is 5.80. The van der Waals surface area contributed by atoms with Gasteiger partial charge in [0, 0.05) is 12.6 Å². The third-order valence-electron chi connectivity index (χ3n) is 6.16. The number of benzene rings is 2. The highest BCUT2D eigenvalue weighted by Crippen LogP contribution is 2.24. The first-order chi connectivity index (χ1) is 15.9. The minimum Gasteiger partial charge on any atom is -0.497 e. The van der Waals surface area contributed by atoms with Gasteiger partial charge in [0.25, 0.3) is 0 Å². The highest BCUT2D eigenvalue weighted by atomic mass is 35.5. The van der Waals surface area contributed by atoms with Crippen LogP contribution in [0.1, 0.15) is 56.6 Å². The van der Waals surface area contributed by atoms with Gasteiger partial charge in [-0.1, -0.05) is 67.6 Å². The van der Waals surface area contributed by atoms with Crippen molar-refractivity contribution in [1.82, 2.24) is 10.2 Å². The molecule has 0 aliphatic heterocycles. The van der Waals surface area contributed by atoms with Gasteiger partial charge in [0.2, 0.25) is 11.8 Å². The third kappa shape index (κ3) is 7.12. The molecule has 2 aromatic rings. The van der Waals surface area contributed by atoms with Crippen LogP contribution in [0.4, 0.5) is 0 Å². The second-order valence-corrected chi connectivity index (χ2v) is 9.38. The molecule has 0 aromatic heterocycles. The standard InChI is InChI=1S/C26H32Cl2N2O3/c1-3-24(26(32)29-20-9-5-4-6-10-20)30(17-19-8-7-11-21(14-19)33-2)25(31)16-18-12-13-22(27)23(28)15-18/h7-8,11-15,20,24H,3-6,9-10,16-17H2,1-2H3,(H,29,32)/t24-/m1/s1. The van der Waals surface area contributed by atoms with E-state index in [2.05, 4.69) is 5.32 Å². The molecule has 0 bridgehead atoms. The van der Waals surface area contributed by atoms with E-state index < -0.39 is 6.04 Å². The minimum atomic E-state index is -0.562. The molecule has 1 fully saturated rings. The van der Waals surface area contributed by atoms with Crippen molar-refractivity contribution in [3.63, 3.8) is 0 Å². The van der Waals surface area contributed by atoms with Crippen LogP contribution < -0.4 is 10.1 Å². The second kappa shape index (κ2) is 12.3. The second-order valence-electron chi connectivity index (χ2n) is 8.57.